The molecule has 6 nitrogen and oxygen atoms in total. The van der Waals surface area contributed by atoms with Crippen LogP contribution in [0.25, 0.3) is 10.6 Å². The predicted octanol–water partition coefficient (Wildman–Crippen LogP) is 7.91. The monoisotopic (exact) mass is 640 g/mol. The fraction of sp³-hybridized carbons (Fsp3) is 0.265. The number of aliphatic carboxylic acids is 1. The molecule has 3 aromatic carbocycles. The molecule has 4 rings (SSSR count). The van der Waals surface area contributed by atoms with Crippen molar-refractivity contribution in [2.75, 3.05) is 6.61 Å². The molecule has 45 heavy (non-hydrogen) atoms. The van der Waals surface area contributed by atoms with Crippen LogP contribution >= 0.6 is 11.3 Å². The van der Waals surface area contributed by atoms with Crippen molar-refractivity contribution in [3.8, 4) is 16.3 Å². The van der Waals surface area contributed by atoms with Crippen molar-refractivity contribution >= 4 is 23.1 Å². The van der Waals surface area contributed by atoms with Gasteiger partial charge in [0.1, 0.15) is 22.6 Å². The topological polar surface area (TPSA) is 88.5 Å². The number of halogens is 4. The first-order valence-electron chi connectivity index (χ1n) is 14.3. The zero-order chi connectivity index (χ0) is 32.6. The molecule has 0 unspecified atom stereocenters. The Labute approximate surface area is 262 Å². The summed E-state index contributed by atoms with van der Waals surface area (Å²) in [6, 6.07) is 16.1. The van der Waals surface area contributed by atoms with Gasteiger partial charge in [0.05, 0.1) is 17.9 Å². The van der Waals surface area contributed by atoms with Gasteiger partial charge in [-0.25, -0.2) is 14.2 Å². The number of nitrogens with zero attached hydrogens (tertiary/aromatic N) is 1. The number of carboxylic acids is 1. The maximum atomic E-state index is 13.3. The smallest absolute Gasteiger partial charge is 0.416 e. The van der Waals surface area contributed by atoms with Crippen molar-refractivity contribution in [2.24, 2.45) is 0 Å². The molecular weight excluding hydrogens is 608 g/mol. The molecule has 1 aromatic heterocycles. The van der Waals surface area contributed by atoms with Crippen molar-refractivity contribution in [3.63, 3.8) is 0 Å². The van der Waals surface area contributed by atoms with E-state index in [2.05, 4.69) is 12.2 Å². The number of ether oxygens (including phenoxy) is 1. The molecule has 1 atom stereocenters. The van der Waals surface area contributed by atoms with Gasteiger partial charge in [0.2, 0.25) is 0 Å². The fourth-order valence-corrected chi connectivity index (χ4v) is 5.58. The van der Waals surface area contributed by atoms with Crippen molar-refractivity contribution in [1.82, 2.24) is 10.3 Å². The largest absolute Gasteiger partial charge is 0.493 e. The summed E-state index contributed by atoms with van der Waals surface area (Å²) in [5.74, 6) is -1.34. The highest BCUT2D eigenvalue weighted by molar-refractivity contribution is 7.15. The summed E-state index contributed by atoms with van der Waals surface area (Å²) < 4.78 is 57.7. The third kappa shape index (κ3) is 9.24. The van der Waals surface area contributed by atoms with Gasteiger partial charge >= 0.3 is 12.1 Å². The SMILES string of the molecule is CC/C(=C/C(=O)c1ccc(C(F)(F)F)cc1)N[C@@H](Cc1ccc(OCCc2nc(-c3ccc(F)cc3)sc2CC)cc1)C(=O)O. The highest BCUT2D eigenvalue weighted by Gasteiger charge is 2.30. The summed E-state index contributed by atoms with van der Waals surface area (Å²) in [4.78, 5) is 30.5. The zero-order valence-electron chi connectivity index (χ0n) is 24.7. The molecule has 0 amide bonds. The van der Waals surface area contributed by atoms with E-state index in [1.165, 1.54) is 18.2 Å². The van der Waals surface area contributed by atoms with Crippen LogP contribution in [-0.2, 0) is 30.2 Å². The molecule has 0 bridgehead atoms. The van der Waals surface area contributed by atoms with Crippen LogP contribution in [0.5, 0.6) is 5.75 Å². The Hall–Kier alpha value is -4.51. The second kappa shape index (κ2) is 15.0. The van der Waals surface area contributed by atoms with E-state index in [9.17, 15) is 32.3 Å². The zero-order valence-corrected chi connectivity index (χ0v) is 25.5. The first-order chi connectivity index (χ1) is 21.5. The summed E-state index contributed by atoms with van der Waals surface area (Å²) >= 11 is 1.58. The first kappa shape index (κ1) is 33.4. The number of alkyl halides is 3. The van der Waals surface area contributed by atoms with Gasteiger partial charge in [0, 0.05) is 40.6 Å². The Morgan fingerprint density at radius 1 is 1.00 bits per heavy atom. The van der Waals surface area contributed by atoms with E-state index in [0.717, 1.165) is 57.4 Å². The third-order valence-electron chi connectivity index (χ3n) is 7.00. The second-order valence-corrected chi connectivity index (χ2v) is 11.3. The second-order valence-electron chi connectivity index (χ2n) is 10.2. The van der Waals surface area contributed by atoms with Crippen LogP contribution in [0.4, 0.5) is 17.6 Å². The lowest BCUT2D eigenvalue weighted by Crippen LogP contribution is -2.38. The van der Waals surface area contributed by atoms with E-state index >= 15 is 0 Å². The van der Waals surface area contributed by atoms with Gasteiger partial charge in [-0.3, -0.25) is 4.79 Å². The number of hydrogen-bond donors (Lipinski definition) is 2. The summed E-state index contributed by atoms with van der Waals surface area (Å²) in [7, 11) is 0. The molecule has 0 aliphatic heterocycles. The molecule has 0 aliphatic carbocycles. The predicted molar refractivity (Wildman–Crippen MR) is 165 cm³/mol. The fourth-order valence-electron chi connectivity index (χ4n) is 4.53. The number of carbonyl (C=O) groups excluding carboxylic acids is 1. The van der Waals surface area contributed by atoms with Gasteiger partial charge in [-0.15, -0.1) is 11.3 Å². The van der Waals surface area contributed by atoms with E-state index < -0.39 is 29.5 Å². The molecule has 0 fully saturated rings. The number of benzene rings is 3. The lowest BCUT2D eigenvalue weighted by molar-refractivity contribution is -0.139. The highest BCUT2D eigenvalue weighted by atomic mass is 32.1. The first-order valence-corrected chi connectivity index (χ1v) is 15.2. The number of allylic oxidation sites excluding steroid dienone is 2. The Balaban J connectivity index is 1.34. The molecule has 0 saturated heterocycles. The average Bonchev–Trinajstić information content (AvgIpc) is 3.44. The van der Waals surface area contributed by atoms with Crippen LogP contribution in [0.15, 0.2) is 84.6 Å². The normalized spacial score (nSPS) is 12.5. The Kier molecular flexibility index (Phi) is 11.1. The molecule has 0 aliphatic rings. The van der Waals surface area contributed by atoms with Crippen LogP contribution in [0, 0.1) is 5.82 Å². The van der Waals surface area contributed by atoms with E-state index in [0.29, 0.717) is 30.9 Å². The molecular formula is C34H32F4N2O4S. The summed E-state index contributed by atoms with van der Waals surface area (Å²) in [6.45, 7) is 4.18. The molecule has 236 valence electrons. The quantitative estimate of drug-likeness (QED) is 0.0828. The number of carboxylic acid groups (broad SMARTS) is 1. The lowest BCUT2D eigenvalue weighted by Gasteiger charge is -2.18. The van der Waals surface area contributed by atoms with Gasteiger partial charge in [0.15, 0.2) is 5.78 Å². The van der Waals surface area contributed by atoms with E-state index in [-0.39, 0.29) is 17.8 Å². The molecule has 4 aromatic rings. The third-order valence-corrected chi connectivity index (χ3v) is 8.29. The molecule has 0 radical (unpaired) electrons. The number of thiazole rings is 1. The summed E-state index contributed by atoms with van der Waals surface area (Å²) in [5.41, 5.74) is 2.08. The van der Waals surface area contributed by atoms with Crippen LogP contribution < -0.4 is 10.1 Å². The lowest BCUT2D eigenvalue weighted by atomic mass is 10.0. The standard InChI is InChI=1S/C34H32F4N2O4S/c1-3-26(20-30(41)22-7-11-24(12-8-22)34(36,37)38)39-29(33(42)43)19-21-5-15-27(16-6-21)44-18-17-28-31(4-2)45-32(40-28)23-9-13-25(35)14-10-23/h5-16,20,29,39H,3-4,17-19H2,1-2H3,(H,42,43)/b26-20-/t29-/m0/s1. The van der Waals surface area contributed by atoms with Gasteiger partial charge in [-0.1, -0.05) is 38.1 Å². The van der Waals surface area contributed by atoms with Crippen LogP contribution in [0.3, 0.4) is 0 Å². The number of aromatic nitrogens is 1. The number of nitrogens with one attached hydrogen (secondary N) is 1. The van der Waals surface area contributed by atoms with E-state index in [1.54, 1.807) is 54.7 Å². The molecule has 0 saturated carbocycles. The van der Waals surface area contributed by atoms with Crippen molar-refractivity contribution in [2.45, 2.75) is 51.7 Å². The van der Waals surface area contributed by atoms with Crippen LogP contribution in [0.2, 0.25) is 0 Å². The minimum absolute atomic E-state index is 0.0623. The number of rotatable bonds is 14. The number of hydrogen-bond acceptors (Lipinski definition) is 6. The summed E-state index contributed by atoms with van der Waals surface area (Å²) in [6.07, 6.45) is -1.46. The van der Waals surface area contributed by atoms with Crippen LogP contribution in [-0.4, -0.2) is 34.5 Å². The van der Waals surface area contributed by atoms with Crippen molar-refractivity contribution in [3.05, 3.63) is 118 Å². The maximum Gasteiger partial charge on any atom is 0.416 e. The van der Waals surface area contributed by atoms with E-state index in [4.69, 9.17) is 9.72 Å². The number of carbonyl (C=O) groups is 2. The Morgan fingerprint density at radius 3 is 2.24 bits per heavy atom. The van der Waals surface area contributed by atoms with Gasteiger partial charge < -0.3 is 15.2 Å². The number of aryl methyl sites for hydroxylation is 1. The van der Waals surface area contributed by atoms with Gasteiger partial charge in [-0.2, -0.15) is 13.2 Å². The van der Waals surface area contributed by atoms with Gasteiger partial charge in [-0.05, 0) is 66.9 Å². The Bertz CT molecular complexity index is 1630. The van der Waals surface area contributed by atoms with Crippen molar-refractivity contribution < 1.29 is 37.0 Å². The number of ketones is 1. The highest BCUT2D eigenvalue weighted by Crippen LogP contribution is 2.30. The summed E-state index contributed by atoms with van der Waals surface area (Å²) in [5, 5.41) is 13.5. The molecule has 0 spiro atoms. The minimum atomic E-state index is -4.51. The van der Waals surface area contributed by atoms with Crippen molar-refractivity contribution in [1.29, 1.82) is 0 Å². The molecule has 1 heterocycles. The van der Waals surface area contributed by atoms with E-state index in [1.807, 2.05) is 0 Å². The molecule has 2 N–H and O–H groups in total. The minimum Gasteiger partial charge on any atom is -0.493 e. The van der Waals surface area contributed by atoms with Crippen LogP contribution in [0.1, 0.15) is 52.3 Å². The average molecular weight is 641 g/mol. The maximum absolute atomic E-state index is 13.3. The van der Waals surface area contributed by atoms with Gasteiger partial charge in [0.25, 0.3) is 0 Å². The Morgan fingerprint density at radius 2 is 1.67 bits per heavy atom. The molecule has 11 heteroatoms.